The molecule has 4 rings (SSSR count). The lowest BCUT2D eigenvalue weighted by molar-refractivity contribution is -0.00142. The van der Waals surface area contributed by atoms with E-state index in [4.69, 9.17) is 0 Å². The van der Waals surface area contributed by atoms with Crippen molar-refractivity contribution >= 4 is 36.4 Å². The van der Waals surface area contributed by atoms with E-state index in [1.165, 1.54) is 4.40 Å². The molecule has 2 aliphatic heterocycles. The molecule has 1 amide bonds. The smallest absolute Gasteiger partial charge is 0.277 e. The van der Waals surface area contributed by atoms with Gasteiger partial charge in [-0.2, -0.15) is 4.39 Å². The predicted octanol–water partition coefficient (Wildman–Crippen LogP) is 2.14. The highest BCUT2D eigenvalue weighted by Crippen LogP contribution is 2.30. The van der Waals surface area contributed by atoms with Gasteiger partial charge in [-0.3, -0.25) is 14.1 Å². The summed E-state index contributed by atoms with van der Waals surface area (Å²) in [4.78, 5) is 21.4. The van der Waals surface area contributed by atoms with Crippen LogP contribution in [0.5, 0.6) is 0 Å². The number of aromatic nitrogens is 2. The van der Waals surface area contributed by atoms with Gasteiger partial charge in [-0.05, 0) is 52.0 Å². The highest BCUT2D eigenvalue weighted by molar-refractivity contribution is 5.93. The number of amides is 1. The van der Waals surface area contributed by atoms with Crippen LogP contribution in [0.2, 0.25) is 0 Å². The van der Waals surface area contributed by atoms with Gasteiger partial charge in [-0.15, -0.1) is 24.8 Å². The zero-order valence-corrected chi connectivity index (χ0v) is 17.2. The summed E-state index contributed by atoms with van der Waals surface area (Å²) in [6, 6.07) is 5.36. The minimum Gasteiger partial charge on any atom is -0.334 e. The molecule has 0 unspecified atom stereocenters. The summed E-state index contributed by atoms with van der Waals surface area (Å²) in [6.07, 6.45) is 2.00. The fourth-order valence-corrected chi connectivity index (χ4v) is 4.17. The van der Waals surface area contributed by atoms with Gasteiger partial charge in [0, 0.05) is 30.9 Å². The molecule has 0 bridgehead atoms. The minimum absolute atomic E-state index is 0. The van der Waals surface area contributed by atoms with Crippen LogP contribution in [0, 0.1) is 12.9 Å². The maximum Gasteiger partial charge on any atom is 0.277 e. The topological polar surface area (TPSA) is 52.9 Å². The van der Waals surface area contributed by atoms with Gasteiger partial charge in [-0.25, -0.2) is 4.98 Å². The number of hydrogen-bond donors (Lipinski definition) is 1. The molecule has 4 heterocycles. The van der Waals surface area contributed by atoms with Crippen molar-refractivity contribution < 1.29 is 9.18 Å². The second kappa shape index (κ2) is 8.31. The van der Waals surface area contributed by atoms with Gasteiger partial charge >= 0.3 is 0 Å². The molecule has 150 valence electrons. The van der Waals surface area contributed by atoms with E-state index in [1.54, 1.807) is 11.0 Å². The SMILES string of the molecule is Cc1cccc2nc(C(=O)N3CCN(C)C4(CCNCC4)C3)c(F)n12.Cl.Cl. The van der Waals surface area contributed by atoms with E-state index in [2.05, 4.69) is 22.2 Å². The molecule has 0 aliphatic carbocycles. The van der Waals surface area contributed by atoms with E-state index < -0.39 is 5.95 Å². The molecule has 0 radical (unpaired) electrons. The number of aryl methyl sites for hydroxylation is 1. The fraction of sp³-hybridized carbons (Fsp3) is 0.556. The number of hydrogen-bond acceptors (Lipinski definition) is 4. The number of fused-ring (bicyclic) bond motifs is 1. The Morgan fingerprint density at radius 2 is 1.93 bits per heavy atom. The van der Waals surface area contributed by atoms with Crippen LogP contribution < -0.4 is 5.32 Å². The number of carbonyl (C=O) groups is 1. The summed E-state index contributed by atoms with van der Waals surface area (Å²) in [5, 5.41) is 3.38. The number of imidazole rings is 1. The number of carbonyl (C=O) groups excluding carboxylic acids is 1. The molecule has 1 spiro atoms. The number of pyridine rings is 1. The van der Waals surface area contributed by atoms with Crippen LogP contribution in [0.25, 0.3) is 5.65 Å². The van der Waals surface area contributed by atoms with Crippen LogP contribution in [0.15, 0.2) is 18.2 Å². The highest BCUT2D eigenvalue weighted by Gasteiger charge is 2.42. The van der Waals surface area contributed by atoms with Gasteiger partial charge in [0.25, 0.3) is 5.91 Å². The van der Waals surface area contributed by atoms with Crippen LogP contribution in [0.1, 0.15) is 29.0 Å². The van der Waals surface area contributed by atoms with Gasteiger partial charge in [0.2, 0.25) is 5.95 Å². The summed E-state index contributed by atoms with van der Waals surface area (Å²) in [5.74, 6) is -0.858. The Hall–Kier alpha value is -1.41. The molecule has 2 saturated heterocycles. The summed E-state index contributed by atoms with van der Waals surface area (Å²) in [6.45, 7) is 5.77. The van der Waals surface area contributed by atoms with Crippen molar-refractivity contribution in [1.82, 2.24) is 24.5 Å². The van der Waals surface area contributed by atoms with Crippen molar-refractivity contribution in [1.29, 1.82) is 0 Å². The molecule has 0 saturated carbocycles. The first-order valence-electron chi connectivity index (χ1n) is 8.87. The summed E-state index contributed by atoms with van der Waals surface area (Å²) in [7, 11) is 2.13. The van der Waals surface area contributed by atoms with Gasteiger partial charge in [0.15, 0.2) is 5.69 Å². The van der Waals surface area contributed by atoms with Crippen LogP contribution >= 0.6 is 24.8 Å². The molecule has 0 atom stereocenters. The van der Waals surface area contributed by atoms with Crippen molar-refractivity contribution in [2.24, 2.45) is 0 Å². The first-order chi connectivity index (χ1) is 12.0. The lowest BCUT2D eigenvalue weighted by atomic mass is 9.84. The maximum atomic E-state index is 14.8. The minimum atomic E-state index is -0.559. The molecular formula is C18H26Cl2FN5O. The van der Waals surface area contributed by atoms with E-state index in [-0.39, 0.29) is 42.0 Å². The van der Waals surface area contributed by atoms with Crippen molar-refractivity contribution in [2.45, 2.75) is 25.3 Å². The lowest BCUT2D eigenvalue weighted by Gasteiger charge is -2.51. The number of halogens is 3. The second-order valence-corrected chi connectivity index (χ2v) is 7.23. The number of piperidine rings is 1. The Morgan fingerprint density at radius 3 is 2.59 bits per heavy atom. The van der Waals surface area contributed by atoms with Crippen molar-refractivity contribution in [2.75, 3.05) is 39.8 Å². The van der Waals surface area contributed by atoms with Gasteiger partial charge < -0.3 is 10.2 Å². The van der Waals surface area contributed by atoms with Crippen LogP contribution in [0.3, 0.4) is 0 Å². The predicted molar refractivity (Wildman–Crippen MR) is 108 cm³/mol. The third kappa shape index (κ3) is 3.66. The van der Waals surface area contributed by atoms with Crippen molar-refractivity contribution in [3.05, 3.63) is 35.5 Å². The Bertz CT molecular complexity index is 821. The fourth-order valence-electron chi connectivity index (χ4n) is 4.17. The van der Waals surface area contributed by atoms with Crippen molar-refractivity contribution in [3.8, 4) is 0 Å². The van der Waals surface area contributed by atoms with Gasteiger partial charge in [-0.1, -0.05) is 6.07 Å². The normalized spacial score (nSPS) is 19.6. The zero-order valence-electron chi connectivity index (χ0n) is 15.6. The third-order valence-electron chi connectivity index (χ3n) is 5.81. The number of nitrogens with one attached hydrogen (secondary N) is 1. The van der Waals surface area contributed by atoms with Gasteiger partial charge in [0.1, 0.15) is 5.65 Å². The standard InChI is InChI=1S/C18H24FN5O.2ClH/c1-13-4-3-5-14-21-15(16(19)24(13)14)17(25)23-11-10-22(2)18(12-23)6-8-20-9-7-18;;/h3-5,20H,6-12H2,1-2H3;2*1H. The van der Waals surface area contributed by atoms with Crippen LogP contribution in [-0.4, -0.2) is 70.4 Å². The Kier molecular flexibility index (Phi) is 6.73. The van der Waals surface area contributed by atoms with Crippen LogP contribution in [-0.2, 0) is 0 Å². The summed E-state index contributed by atoms with van der Waals surface area (Å²) < 4.78 is 16.2. The highest BCUT2D eigenvalue weighted by atomic mass is 35.5. The Morgan fingerprint density at radius 1 is 1.22 bits per heavy atom. The molecule has 2 fully saturated rings. The number of nitrogens with zero attached hydrogens (tertiary/aromatic N) is 4. The Balaban J connectivity index is 0.00000131. The summed E-state index contributed by atoms with van der Waals surface area (Å²) >= 11 is 0. The zero-order chi connectivity index (χ0) is 17.6. The average molecular weight is 418 g/mol. The number of likely N-dealkylation sites (N-methyl/N-ethyl adjacent to an activating group) is 1. The summed E-state index contributed by atoms with van der Waals surface area (Å²) in [5.41, 5.74) is 1.13. The lowest BCUT2D eigenvalue weighted by Crippen LogP contribution is -2.65. The average Bonchev–Trinajstić information content (AvgIpc) is 2.96. The molecule has 2 aromatic heterocycles. The van der Waals surface area contributed by atoms with Crippen molar-refractivity contribution in [3.63, 3.8) is 0 Å². The molecular weight excluding hydrogens is 392 g/mol. The van der Waals surface area contributed by atoms with E-state index in [0.717, 1.165) is 38.2 Å². The molecule has 9 heteroatoms. The van der Waals surface area contributed by atoms with Gasteiger partial charge in [0.05, 0.1) is 0 Å². The van der Waals surface area contributed by atoms with Crippen LogP contribution in [0.4, 0.5) is 4.39 Å². The first-order valence-corrected chi connectivity index (χ1v) is 8.87. The third-order valence-corrected chi connectivity index (χ3v) is 5.81. The monoisotopic (exact) mass is 417 g/mol. The first kappa shape index (κ1) is 21.9. The quantitative estimate of drug-likeness (QED) is 0.771. The second-order valence-electron chi connectivity index (χ2n) is 7.23. The molecule has 27 heavy (non-hydrogen) atoms. The van der Waals surface area contributed by atoms with E-state index in [1.807, 2.05) is 19.1 Å². The molecule has 0 aromatic carbocycles. The maximum absolute atomic E-state index is 14.8. The van der Waals surface area contributed by atoms with E-state index in [0.29, 0.717) is 18.7 Å². The molecule has 1 N–H and O–H groups in total. The molecule has 6 nitrogen and oxygen atoms in total. The number of rotatable bonds is 1. The molecule has 2 aliphatic rings. The number of piperazine rings is 1. The van der Waals surface area contributed by atoms with E-state index >= 15 is 0 Å². The Labute approximate surface area is 170 Å². The van der Waals surface area contributed by atoms with E-state index in [9.17, 15) is 9.18 Å². The molecule has 2 aromatic rings. The largest absolute Gasteiger partial charge is 0.334 e.